The van der Waals surface area contributed by atoms with Crippen molar-refractivity contribution in [2.75, 3.05) is 12.3 Å². The van der Waals surface area contributed by atoms with Crippen LogP contribution >= 0.6 is 0 Å². The summed E-state index contributed by atoms with van der Waals surface area (Å²) in [5.41, 5.74) is 7.13. The number of hydrogen-bond donors (Lipinski definition) is 2. The van der Waals surface area contributed by atoms with Crippen LogP contribution in [-0.2, 0) is 15.8 Å². The van der Waals surface area contributed by atoms with Gasteiger partial charge in [-0.25, -0.2) is 13.1 Å². The topological polar surface area (TPSA) is 72.2 Å². The van der Waals surface area contributed by atoms with Gasteiger partial charge in [-0.2, -0.15) is 0 Å². The Hall–Kier alpha value is -1.07. The smallest absolute Gasteiger partial charge is 0.215 e. The highest BCUT2D eigenvalue weighted by atomic mass is 32.2. The summed E-state index contributed by atoms with van der Waals surface area (Å²) >= 11 is 0. The van der Waals surface area contributed by atoms with Crippen molar-refractivity contribution in [2.45, 2.75) is 31.9 Å². The van der Waals surface area contributed by atoms with E-state index in [9.17, 15) is 8.42 Å². The highest BCUT2D eigenvalue weighted by molar-refractivity contribution is 7.88. The molecule has 0 amide bonds. The molecule has 1 aliphatic carbocycles. The van der Waals surface area contributed by atoms with Crippen molar-refractivity contribution in [3.8, 4) is 0 Å². The SMILES string of the molecule is CC1(CNS(=O)(=O)Cc2ccc(N)cc2)CCC1. The number of rotatable bonds is 5. The van der Waals surface area contributed by atoms with Crippen molar-refractivity contribution < 1.29 is 8.42 Å². The van der Waals surface area contributed by atoms with E-state index in [0.717, 1.165) is 18.4 Å². The molecule has 4 nitrogen and oxygen atoms in total. The first kappa shape index (κ1) is 13.4. The van der Waals surface area contributed by atoms with E-state index >= 15 is 0 Å². The molecule has 0 aromatic heterocycles. The molecule has 2 rings (SSSR count). The zero-order valence-corrected chi connectivity index (χ0v) is 11.5. The van der Waals surface area contributed by atoms with Gasteiger partial charge in [0.2, 0.25) is 10.0 Å². The monoisotopic (exact) mass is 268 g/mol. The zero-order chi connectivity index (χ0) is 13.2. The first-order chi connectivity index (χ1) is 8.39. The molecule has 0 bridgehead atoms. The number of anilines is 1. The zero-order valence-electron chi connectivity index (χ0n) is 10.6. The van der Waals surface area contributed by atoms with Gasteiger partial charge in [0.05, 0.1) is 5.75 Å². The summed E-state index contributed by atoms with van der Waals surface area (Å²) in [5.74, 6) is 0.0172. The minimum absolute atomic E-state index is 0.0172. The normalized spacial score (nSPS) is 18.3. The van der Waals surface area contributed by atoms with Gasteiger partial charge in [-0.3, -0.25) is 0 Å². The largest absolute Gasteiger partial charge is 0.399 e. The number of nitrogen functional groups attached to an aromatic ring is 1. The highest BCUT2D eigenvalue weighted by Crippen LogP contribution is 2.39. The van der Waals surface area contributed by atoms with Crippen molar-refractivity contribution in [2.24, 2.45) is 5.41 Å². The minimum Gasteiger partial charge on any atom is -0.399 e. The van der Waals surface area contributed by atoms with E-state index < -0.39 is 10.0 Å². The van der Waals surface area contributed by atoms with Crippen LogP contribution in [0.25, 0.3) is 0 Å². The number of sulfonamides is 1. The van der Waals surface area contributed by atoms with Gasteiger partial charge in [0, 0.05) is 12.2 Å². The van der Waals surface area contributed by atoms with Gasteiger partial charge in [0.15, 0.2) is 0 Å². The Morgan fingerprint density at radius 3 is 2.39 bits per heavy atom. The standard InChI is InChI=1S/C13H20N2O2S/c1-13(7-2-8-13)10-15-18(16,17)9-11-3-5-12(14)6-4-11/h3-6,15H,2,7-10,14H2,1H3. The summed E-state index contributed by atoms with van der Waals surface area (Å²) in [7, 11) is -3.25. The van der Waals surface area contributed by atoms with Gasteiger partial charge in [0.1, 0.15) is 0 Å². The van der Waals surface area contributed by atoms with Crippen LogP contribution in [0.5, 0.6) is 0 Å². The second-order valence-electron chi connectivity index (χ2n) is 5.49. The number of nitrogens with two attached hydrogens (primary N) is 1. The lowest BCUT2D eigenvalue weighted by molar-refractivity contribution is 0.166. The van der Waals surface area contributed by atoms with E-state index in [1.54, 1.807) is 24.3 Å². The molecule has 0 radical (unpaired) electrons. The van der Waals surface area contributed by atoms with Crippen molar-refractivity contribution in [1.29, 1.82) is 0 Å². The molecule has 1 fully saturated rings. The molecule has 1 aromatic rings. The lowest BCUT2D eigenvalue weighted by Crippen LogP contribution is -2.40. The van der Waals surface area contributed by atoms with Gasteiger partial charge in [-0.1, -0.05) is 25.5 Å². The van der Waals surface area contributed by atoms with E-state index in [2.05, 4.69) is 11.6 Å². The van der Waals surface area contributed by atoms with E-state index in [-0.39, 0.29) is 11.2 Å². The lowest BCUT2D eigenvalue weighted by Gasteiger charge is -2.38. The fourth-order valence-corrected chi connectivity index (χ4v) is 3.43. The van der Waals surface area contributed by atoms with Crippen LogP contribution in [0.15, 0.2) is 24.3 Å². The minimum atomic E-state index is -3.25. The Labute approximate surface area is 109 Å². The molecular formula is C13H20N2O2S. The molecule has 3 N–H and O–H groups in total. The Bertz CT molecular complexity index is 504. The van der Waals surface area contributed by atoms with Crippen LogP contribution < -0.4 is 10.5 Å². The summed E-state index contributed by atoms with van der Waals surface area (Å²) in [5, 5.41) is 0. The molecule has 5 heteroatoms. The Morgan fingerprint density at radius 2 is 1.89 bits per heavy atom. The molecular weight excluding hydrogens is 248 g/mol. The van der Waals surface area contributed by atoms with Gasteiger partial charge in [0.25, 0.3) is 0 Å². The maximum Gasteiger partial charge on any atom is 0.215 e. The molecule has 0 unspecified atom stereocenters. The first-order valence-electron chi connectivity index (χ1n) is 6.20. The predicted molar refractivity (Wildman–Crippen MR) is 73.4 cm³/mol. The van der Waals surface area contributed by atoms with Crippen molar-refractivity contribution in [3.63, 3.8) is 0 Å². The average Bonchev–Trinajstić information content (AvgIpc) is 2.27. The van der Waals surface area contributed by atoms with Crippen LogP contribution in [-0.4, -0.2) is 15.0 Å². The molecule has 0 spiro atoms. The number of nitrogens with one attached hydrogen (secondary N) is 1. The Kier molecular flexibility index (Phi) is 3.64. The van der Waals surface area contributed by atoms with Crippen LogP contribution in [0, 0.1) is 5.41 Å². The molecule has 0 atom stereocenters. The molecule has 0 heterocycles. The Balaban J connectivity index is 1.92. The van der Waals surface area contributed by atoms with Crippen LogP contribution in [0.2, 0.25) is 0 Å². The summed E-state index contributed by atoms with van der Waals surface area (Å²) in [6.45, 7) is 2.67. The molecule has 0 aliphatic heterocycles. The fourth-order valence-electron chi connectivity index (χ4n) is 2.13. The third-order valence-electron chi connectivity index (χ3n) is 3.62. The van der Waals surface area contributed by atoms with Gasteiger partial charge in [-0.15, -0.1) is 0 Å². The van der Waals surface area contributed by atoms with Gasteiger partial charge >= 0.3 is 0 Å². The predicted octanol–water partition coefficient (Wildman–Crippen LogP) is 1.88. The van der Waals surface area contributed by atoms with E-state index in [4.69, 9.17) is 5.73 Å². The van der Waals surface area contributed by atoms with Crippen LogP contribution in [0.4, 0.5) is 5.69 Å². The third kappa shape index (κ3) is 3.46. The second kappa shape index (κ2) is 4.90. The first-order valence-corrected chi connectivity index (χ1v) is 7.86. The van der Waals surface area contributed by atoms with Crippen LogP contribution in [0.1, 0.15) is 31.7 Å². The number of benzene rings is 1. The summed E-state index contributed by atoms with van der Waals surface area (Å²) in [6, 6.07) is 6.94. The molecule has 0 saturated heterocycles. The summed E-state index contributed by atoms with van der Waals surface area (Å²) in [6.07, 6.45) is 3.42. The summed E-state index contributed by atoms with van der Waals surface area (Å²) in [4.78, 5) is 0. The summed E-state index contributed by atoms with van der Waals surface area (Å²) < 4.78 is 26.6. The van der Waals surface area contributed by atoms with E-state index in [0.29, 0.717) is 12.2 Å². The lowest BCUT2D eigenvalue weighted by atomic mass is 9.71. The van der Waals surface area contributed by atoms with Crippen molar-refractivity contribution in [1.82, 2.24) is 4.72 Å². The van der Waals surface area contributed by atoms with Crippen molar-refractivity contribution >= 4 is 15.7 Å². The van der Waals surface area contributed by atoms with Gasteiger partial charge in [-0.05, 0) is 36.0 Å². The molecule has 1 aliphatic rings. The van der Waals surface area contributed by atoms with Crippen molar-refractivity contribution in [3.05, 3.63) is 29.8 Å². The molecule has 1 aromatic carbocycles. The quantitative estimate of drug-likeness (QED) is 0.801. The fraction of sp³-hybridized carbons (Fsp3) is 0.538. The van der Waals surface area contributed by atoms with Gasteiger partial charge < -0.3 is 5.73 Å². The average molecular weight is 268 g/mol. The highest BCUT2D eigenvalue weighted by Gasteiger charge is 2.32. The molecule has 18 heavy (non-hydrogen) atoms. The molecule has 100 valence electrons. The third-order valence-corrected chi connectivity index (χ3v) is 4.91. The second-order valence-corrected chi connectivity index (χ2v) is 7.29. The number of hydrogen-bond acceptors (Lipinski definition) is 3. The maximum absolute atomic E-state index is 11.9. The van der Waals surface area contributed by atoms with E-state index in [1.807, 2.05) is 0 Å². The Morgan fingerprint density at radius 1 is 1.28 bits per heavy atom. The van der Waals surface area contributed by atoms with Crippen LogP contribution in [0.3, 0.4) is 0 Å². The maximum atomic E-state index is 11.9. The molecule has 1 saturated carbocycles. The van der Waals surface area contributed by atoms with E-state index in [1.165, 1.54) is 6.42 Å².